The number of carboxylic acid groups (broad SMARTS) is 1. The van der Waals surface area contributed by atoms with Gasteiger partial charge in [-0.05, 0) is 28.7 Å². The Morgan fingerprint density at radius 1 is 1.12 bits per heavy atom. The number of nitrogens with zero attached hydrogens (tertiary/aromatic N) is 1. The van der Waals surface area contributed by atoms with Gasteiger partial charge in [0.15, 0.2) is 5.13 Å². The number of benzene rings is 2. The molecule has 3 aromatic rings. The molecule has 4 rings (SSSR count). The van der Waals surface area contributed by atoms with Crippen LogP contribution in [0.2, 0.25) is 0 Å². The minimum atomic E-state index is -1.17. The van der Waals surface area contributed by atoms with Gasteiger partial charge in [0.2, 0.25) is 0 Å². The Kier molecular flexibility index (Phi) is 6.50. The van der Waals surface area contributed by atoms with Crippen LogP contribution in [0, 0.1) is 0 Å². The van der Waals surface area contributed by atoms with Crippen LogP contribution in [0.3, 0.4) is 0 Å². The van der Waals surface area contributed by atoms with E-state index in [-0.39, 0.29) is 29.8 Å². The van der Waals surface area contributed by atoms with Crippen molar-refractivity contribution in [3.8, 4) is 11.1 Å². The third-order valence-corrected chi connectivity index (χ3v) is 6.05. The number of fused-ring (bicyclic) bond motifs is 3. The smallest absolute Gasteiger partial charge is 0.413 e. The Bertz CT molecular complexity index is 1180. The molecule has 0 saturated carbocycles. The minimum Gasteiger partial charge on any atom is -0.480 e. The summed E-state index contributed by atoms with van der Waals surface area (Å²) in [7, 11) is 0. The molecule has 3 N–H and O–H groups in total. The molecule has 1 aromatic heterocycles. The molecule has 8 nitrogen and oxygen atoms in total. The molecule has 0 bridgehead atoms. The largest absolute Gasteiger partial charge is 0.480 e. The summed E-state index contributed by atoms with van der Waals surface area (Å²) in [5, 5.41) is 15.6. The highest BCUT2D eigenvalue weighted by molar-refractivity contribution is 7.14. The van der Waals surface area contributed by atoms with E-state index in [1.165, 1.54) is 11.5 Å². The van der Waals surface area contributed by atoms with E-state index in [1.54, 1.807) is 0 Å². The summed E-state index contributed by atoms with van der Waals surface area (Å²) >= 11 is 1.04. The van der Waals surface area contributed by atoms with Gasteiger partial charge in [-0.1, -0.05) is 54.6 Å². The molecule has 0 fully saturated rings. The van der Waals surface area contributed by atoms with Gasteiger partial charge in [-0.25, -0.2) is 14.6 Å². The van der Waals surface area contributed by atoms with Crippen molar-refractivity contribution in [3.63, 3.8) is 0 Å². The normalized spacial score (nSPS) is 12.8. The van der Waals surface area contributed by atoms with Gasteiger partial charge in [0.05, 0.1) is 0 Å². The number of hydrogen-bond acceptors (Lipinski definition) is 6. The first-order valence-corrected chi connectivity index (χ1v) is 11.1. The lowest BCUT2D eigenvalue weighted by Gasteiger charge is -2.14. The molecule has 1 aliphatic carbocycles. The highest BCUT2D eigenvalue weighted by atomic mass is 32.1. The number of aromatic nitrogens is 1. The Balaban J connectivity index is 1.37. The zero-order chi connectivity index (χ0) is 23.4. The molecule has 33 heavy (non-hydrogen) atoms. The molecule has 9 heteroatoms. The lowest BCUT2D eigenvalue weighted by atomic mass is 9.98. The van der Waals surface area contributed by atoms with E-state index >= 15 is 0 Å². The third-order valence-electron chi connectivity index (χ3n) is 5.30. The molecule has 0 aliphatic heterocycles. The second-order valence-electron chi connectivity index (χ2n) is 7.38. The first-order chi connectivity index (χ1) is 16.0. The number of amides is 2. The topological polar surface area (TPSA) is 118 Å². The van der Waals surface area contributed by atoms with Crippen LogP contribution in [-0.2, 0) is 9.53 Å². The highest BCUT2D eigenvalue weighted by Gasteiger charge is 2.29. The Morgan fingerprint density at radius 2 is 1.76 bits per heavy atom. The molecular formula is C24H21N3O5S. The van der Waals surface area contributed by atoms with Gasteiger partial charge < -0.3 is 15.2 Å². The van der Waals surface area contributed by atoms with Crippen molar-refractivity contribution in [2.75, 3.05) is 11.9 Å². The minimum absolute atomic E-state index is 0.00394. The average molecular weight is 464 g/mol. The summed E-state index contributed by atoms with van der Waals surface area (Å²) in [6, 6.07) is 15.0. The molecule has 1 atom stereocenters. The van der Waals surface area contributed by atoms with E-state index < -0.39 is 24.0 Å². The lowest BCUT2D eigenvalue weighted by Crippen LogP contribution is -2.40. The molecule has 168 valence electrons. The summed E-state index contributed by atoms with van der Waals surface area (Å²) in [5.74, 6) is -1.89. The second-order valence-corrected chi connectivity index (χ2v) is 8.24. The first kappa shape index (κ1) is 22.2. The molecule has 0 spiro atoms. The Morgan fingerprint density at radius 3 is 2.36 bits per heavy atom. The van der Waals surface area contributed by atoms with Crippen LogP contribution in [0.1, 0.15) is 34.0 Å². The zero-order valence-electron chi connectivity index (χ0n) is 17.5. The van der Waals surface area contributed by atoms with E-state index in [0.29, 0.717) is 0 Å². The number of anilines is 1. The molecule has 0 saturated heterocycles. The number of hydrogen-bond donors (Lipinski definition) is 3. The van der Waals surface area contributed by atoms with Crippen LogP contribution < -0.4 is 10.6 Å². The van der Waals surface area contributed by atoms with Crippen LogP contribution in [0.4, 0.5) is 9.93 Å². The molecule has 2 amide bonds. The van der Waals surface area contributed by atoms with Crippen molar-refractivity contribution >= 4 is 34.4 Å². The predicted molar refractivity (Wildman–Crippen MR) is 125 cm³/mol. The van der Waals surface area contributed by atoms with E-state index in [9.17, 15) is 14.4 Å². The van der Waals surface area contributed by atoms with Crippen molar-refractivity contribution in [2.24, 2.45) is 0 Å². The quantitative estimate of drug-likeness (QED) is 0.430. The maximum Gasteiger partial charge on any atom is 0.413 e. The van der Waals surface area contributed by atoms with E-state index in [4.69, 9.17) is 9.84 Å². The van der Waals surface area contributed by atoms with Crippen LogP contribution in [0.25, 0.3) is 11.1 Å². The second kappa shape index (κ2) is 9.66. The van der Waals surface area contributed by atoms with Crippen molar-refractivity contribution in [3.05, 3.63) is 83.4 Å². The number of carboxylic acids is 1. The van der Waals surface area contributed by atoms with Gasteiger partial charge in [-0.2, -0.15) is 0 Å². The first-order valence-electron chi connectivity index (χ1n) is 10.2. The molecule has 1 heterocycles. The standard InChI is InChI=1S/C24H21N3O5S/c1-2-7-19(22(29)30)25-21(28)20-13-33-23(26-20)27-24(31)32-12-18-16-10-5-3-8-14(16)15-9-4-6-11-17(15)18/h2-6,8-11,13,18-19H,1,7,12H2,(H,25,28)(H,29,30)(H,26,27,31). The van der Waals surface area contributed by atoms with E-state index in [0.717, 1.165) is 33.6 Å². The average Bonchev–Trinajstić information content (AvgIpc) is 3.40. The van der Waals surface area contributed by atoms with Crippen molar-refractivity contribution in [2.45, 2.75) is 18.4 Å². The summed E-state index contributed by atoms with van der Waals surface area (Å²) in [6.45, 7) is 3.63. The molecule has 2 aromatic carbocycles. The van der Waals surface area contributed by atoms with Crippen molar-refractivity contribution in [1.82, 2.24) is 10.3 Å². The van der Waals surface area contributed by atoms with Crippen LogP contribution >= 0.6 is 11.3 Å². The number of aliphatic carboxylic acids is 1. The van der Waals surface area contributed by atoms with Gasteiger partial charge in [-0.3, -0.25) is 10.1 Å². The highest BCUT2D eigenvalue weighted by Crippen LogP contribution is 2.44. The van der Waals surface area contributed by atoms with Gasteiger partial charge in [-0.15, -0.1) is 17.9 Å². The summed E-state index contributed by atoms with van der Waals surface area (Å²) < 4.78 is 5.47. The summed E-state index contributed by atoms with van der Waals surface area (Å²) in [6.07, 6.45) is 0.800. The fraction of sp³-hybridized carbons (Fsp3) is 0.167. The number of ether oxygens (including phenoxy) is 1. The van der Waals surface area contributed by atoms with Crippen molar-refractivity contribution in [1.29, 1.82) is 0 Å². The molecular weight excluding hydrogens is 442 g/mol. The number of rotatable bonds is 8. The van der Waals surface area contributed by atoms with Crippen LogP contribution in [0.15, 0.2) is 66.6 Å². The predicted octanol–water partition coefficient (Wildman–Crippen LogP) is 4.26. The fourth-order valence-corrected chi connectivity index (χ4v) is 4.45. The number of carbonyl (C=O) groups is 3. The Labute approximate surface area is 193 Å². The summed E-state index contributed by atoms with van der Waals surface area (Å²) in [4.78, 5) is 39.9. The van der Waals surface area contributed by atoms with Gasteiger partial charge in [0.25, 0.3) is 5.91 Å². The Hall–Kier alpha value is -3.98. The van der Waals surface area contributed by atoms with Crippen LogP contribution in [-0.4, -0.2) is 40.7 Å². The fourth-order valence-electron chi connectivity index (χ4n) is 3.78. The van der Waals surface area contributed by atoms with Crippen LogP contribution in [0.5, 0.6) is 0 Å². The summed E-state index contributed by atoms with van der Waals surface area (Å²) in [5.41, 5.74) is 4.48. The van der Waals surface area contributed by atoms with Gasteiger partial charge in [0.1, 0.15) is 18.3 Å². The van der Waals surface area contributed by atoms with Gasteiger partial charge in [0, 0.05) is 11.3 Å². The SMILES string of the molecule is C=CCC(NC(=O)c1csc(NC(=O)OCC2c3ccccc3-c3ccccc32)n1)C(=O)O. The number of thiazole rings is 1. The van der Waals surface area contributed by atoms with Crippen molar-refractivity contribution < 1.29 is 24.2 Å². The van der Waals surface area contributed by atoms with E-state index in [2.05, 4.69) is 34.3 Å². The molecule has 0 radical (unpaired) electrons. The zero-order valence-corrected chi connectivity index (χ0v) is 18.3. The lowest BCUT2D eigenvalue weighted by molar-refractivity contribution is -0.139. The van der Waals surface area contributed by atoms with Gasteiger partial charge >= 0.3 is 12.1 Å². The molecule has 1 unspecified atom stereocenters. The maximum atomic E-state index is 12.4. The number of carbonyl (C=O) groups excluding carboxylic acids is 2. The molecule has 1 aliphatic rings. The maximum absolute atomic E-state index is 12.4. The third kappa shape index (κ3) is 4.78. The van der Waals surface area contributed by atoms with E-state index in [1.807, 2.05) is 36.4 Å². The number of nitrogens with one attached hydrogen (secondary N) is 2. The monoisotopic (exact) mass is 463 g/mol.